The van der Waals surface area contributed by atoms with Crippen LogP contribution in [0.1, 0.15) is 30.6 Å². The second kappa shape index (κ2) is 4.30. The number of benzene rings is 1. The maximum atomic E-state index is 6.00. The molecule has 0 saturated heterocycles. The third kappa shape index (κ3) is 1.97. The summed E-state index contributed by atoms with van der Waals surface area (Å²) < 4.78 is 10.9. The zero-order valence-corrected chi connectivity index (χ0v) is 11.4. The molecule has 2 aromatic rings. The number of hydrogen-bond donors (Lipinski definition) is 1. The number of anilines is 1. The number of aromatic nitrogens is 1. The van der Waals surface area contributed by atoms with Gasteiger partial charge in [0.2, 0.25) is 0 Å². The van der Waals surface area contributed by atoms with Crippen molar-refractivity contribution in [2.45, 2.75) is 26.2 Å². The second-order valence-electron chi connectivity index (χ2n) is 5.33. The van der Waals surface area contributed by atoms with E-state index in [2.05, 4.69) is 18.1 Å². The molecular formula is C15H18N2O2. The molecule has 4 nitrogen and oxygen atoms in total. The van der Waals surface area contributed by atoms with E-state index < -0.39 is 0 Å². The van der Waals surface area contributed by atoms with E-state index in [1.165, 1.54) is 0 Å². The van der Waals surface area contributed by atoms with E-state index in [1.54, 1.807) is 7.11 Å². The Hall–Kier alpha value is -1.97. The first-order valence-corrected chi connectivity index (χ1v) is 6.52. The predicted octanol–water partition coefficient (Wildman–Crippen LogP) is 3.36. The van der Waals surface area contributed by atoms with E-state index in [4.69, 9.17) is 15.0 Å². The minimum absolute atomic E-state index is 0.435. The summed E-state index contributed by atoms with van der Waals surface area (Å²) in [6.45, 7) is 4.26. The molecule has 1 aliphatic rings. The van der Waals surface area contributed by atoms with E-state index in [-0.39, 0.29) is 0 Å². The van der Waals surface area contributed by atoms with E-state index in [0.29, 0.717) is 17.7 Å². The summed E-state index contributed by atoms with van der Waals surface area (Å²) in [4.78, 5) is 0. The number of methoxy groups -OCH3 is 1. The first-order chi connectivity index (χ1) is 9.11. The zero-order valence-electron chi connectivity index (χ0n) is 11.4. The van der Waals surface area contributed by atoms with Gasteiger partial charge in [-0.3, -0.25) is 0 Å². The van der Waals surface area contributed by atoms with E-state index in [1.807, 2.05) is 19.1 Å². The number of aryl methyl sites for hydroxylation is 1. The van der Waals surface area contributed by atoms with Crippen molar-refractivity contribution < 1.29 is 9.26 Å². The second-order valence-corrected chi connectivity index (χ2v) is 5.33. The van der Waals surface area contributed by atoms with Crippen LogP contribution in [0.15, 0.2) is 22.7 Å². The highest BCUT2D eigenvalue weighted by Crippen LogP contribution is 2.52. The summed E-state index contributed by atoms with van der Waals surface area (Å²) in [5, 5.41) is 3.94. The fourth-order valence-corrected chi connectivity index (χ4v) is 2.54. The number of nitrogen functional groups attached to an aromatic ring is 1. The zero-order chi connectivity index (χ0) is 13.6. The molecule has 100 valence electrons. The molecule has 0 bridgehead atoms. The van der Waals surface area contributed by atoms with Crippen molar-refractivity contribution in [1.82, 2.24) is 5.16 Å². The first kappa shape index (κ1) is 12.1. The number of nitrogens with two attached hydrogens (primary N) is 1. The molecule has 1 aromatic heterocycles. The molecule has 1 heterocycles. The van der Waals surface area contributed by atoms with Gasteiger partial charge in [0.25, 0.3) is 0 Å². The topological polar surface area (TPSA) is 61.3 Å². The van der Waals surface area contributed by atoms with Crippen LogP contribution in [0.2, 0.25) is 0 Å². The third-order valence-electron chi connectivity index (χ3n) is 3.82. The summed E-state index contributed by atoms with van der Waals surface area (Å²) in [5.41, 5.74) is 9.02. The van der Waals surface area contributed by atoms with Crippen LogP contribution in [0.3, 0.4) is 0 Å². The number of hydrogen-bond acceptors (Lipinski definition) is 4. The van der Waals surface area contributed by atoms with E-state index >= 15 is 0 Å². The van der Waals surface area contributed by atoms with Crippen molar-refractivity contribution in [2.24, 2.45) is 5.92 Å². The van der Waals surface area contributed by atoms with Crippen molar-refractivity contribution in [3.8, 4) is 16.9 Å². The smallest absolute Gasteiger partial charge is 0.175 e. The molecule has 1 aromatic carbocycles. The van der Waals surface area contributed by atoms with Gasteiger partial charge in [-0.15, -0.1) is 0 Å². The van der Waals surface area contributed by atoms with E-state index in [0.717, 1.165) is 34.6 Å². The fourth-order valence-electron chi connectivity index (χ4n) is 2.54. The largest absolute Gasteiger partial charge is 0.496 e. The Morgan fingerprint density at radius 3 is 2.79 bits per heavy atom. The number of nitrogens with zero attached hydrogens (tertiary/aromatic N) is 1. The van der Waals surface area contributed by atoms with Crippen molar-refractivity contribution in [3.63, 3.8) is 0 Å². The van der Waals surface area contributed by atoms with Gasteiger partial charge in [-0.2, -0.15) is 0 Å². The Labute approximate surface area is 112 Å². The average molecular weight is 258 g/mol. The summed E-state index contributed by atoms with van der Waals surface area (Å²) in [6, 6.07) is 6.04. The maximum Gasteiger partial charge on any atom is 0.175 e. The molecule has 2 atom stereocenters. The Kier molecular flexibility index (Phi) is 2.73. The van der Waals surface area contributed by atoms with E-state index in [9.17, 15) is 0 Å². The van der Waals surface area contributed by atoms with Crippen LogP contribution >= 0.6 is 0 Å². The molecule has 2 N–H and O–H groups in total. The van der Waals surface area contributed by atoms with Gasteiger partial charge in [-0.25, -0.2) is 0 Å². The van der Waals surface area contributed by atoms with Gasteiger partial charge in [0.05, 0.1) is 12.7 Å². The van der Waals surface area contributed by atoms with Gasteiger partial charge in [0.15, 0.2) is 5.82 Å². The first-order valence-electron chi connectivity index (χ1n) is 6.52. The van der Waals surface area contributed by atoms with Gasteiger partial charge in [-0.05, 0) is 31.4 Å². The molecule has 0 radical (unpaired) electrons. The molecule has 1 fully saturated rings. The van der Waals surface area contributed by atoms with Crippen molar-refractivity contribution in [2.75, 3.05) is 12.8 Å². The summed E-state index contributed by atoms with van der Waals surface area (Å²) in [6.07, 6.45) is 1.13. The molecule has 0 aliphatic heterocycles. The Bertz CT molecular complexity index is 619. The SMILES string of the molecule is COc1ccc(C)cc1-c1c(N)noc1C1CC1C. The van der Waals surface area contributed by atoms with Crippen LogP contribution in [-0.2, 0) is 0 Å². The van der Waals surface area contributed by atoms with Crippen molar-refractivity contribution in [1.29, 1.82) is 0 Å². The third-order valence-corrected chi connectivity index (χ3v) is 3.82. The molecule has 3 rings (SSSR count). The minimum atomic E-state index is 0.435. The highest BCUT2D eigenvalue weighted by molar-refractivity contribution is 5.81. The van der Waals surface area contributed by atoms with Gasteiger partial charge < -0.3 is 15.0 Å². The summed E-state index contributed by atoms with van der Waals surface area (Å²) in [7, 11) is 1.66. The normalized spacial score (nSPS) is 21.4. The lowest BCUT2D eigenvalue weighted by molar-refractivity contribution is 0.384. The molecule has 1 aliphatic carbocycles. The van der Waals surface area contributed by atoms with Crippen LogP contribution in [0.5, 0.6) is 5.75 Å². The van der Waals surface area contributed by atoms with Gasteiger partial charge in [0.1, 0.15) is 11.5 Å². The molecule has 1 saturated carbocycles. The van der Waals surface area contributed by atoms with Crippen molar-refractivity contribution >= 4 is 5.82 Å². The van der Waals surface area contributed by atoms with Gasteiger partial charge in [0, 0.05) is 11.5 Å². The lowest BCUT2D eigenvalue weighted by Gasteiger charge is -2.09. The molecule has 4 heteroatoms. The van der Waals surface area contributed by atoms with Gasteiger partial charge >= 0.3 is 0 Å². The lowest BCUT2D eigenvalue weighted by Crippen LogP contribution is -1.94. The Morgan fingerprint density at radius 1 is 1.42 bits per heavy atom. The fraction of sp³-hybridized carbons (Fsp3) is 0.400. The summed E-state index contributed by atoms with van der Waals surface area (Å²) in [5.74, 6) is 3.22. The highest BCUT2D eigenvalue weighted by atomic mass is 16.5. The Balaban J connectivity index is 2.16. The monoisotopic (exact) mass is 258 g/mol. The molecule has 2 unspecified atom stereocenters. The molecule has 19 heavy (non-hydrogen) atoms. The van der Waals surface area contributed by atoms with Crippen molar-refractivity contribution in [3.05, 3.63) is 29.5 Å². The van der Waals surface area contributed by atoms with Crippen LogP contribution in [0.4, 0.5) is 5.82 Å². The van der Waals surface area contributed by atoms with Gasteiger partial charge in [-0.1, -0.05) is 23.7 Å². The maximum absolute atomic E-state index is 6.00. The van der Waals surface area contributed by atoms with Crippen LogP contribution in [-0.4, -0.2) is 12.3 Å². The summed E-state index contributed by atoms with van der Waals surface area (Å²) >= 11 is 0. The Morgan fingerprint density at radius 2 is 2.16 bits per heavy atom. The average Bonchev–Trinajstić information content (AvgIpc) is 2.98. The van der Waals surface area contributed by atoms with Crippen LogP contribution in [0.25, 0.3) is 11.1 Å². The molecule has 0 spiro atoms. The standard InChI is InChI=1S/C15H18N2O2/c1-8-4-5-12(18-3)11(6-8)13-14(10-7-9(10)2)19-17-15(13)16/h4-6,9-10H,7H2,1-3H3,(H2,16,17). The predicted molar refractivity (Wildman–Crippen MR) is 74.2 cm³/mol. The lowest BCUT2D eigenvalue weighted by atomic mass is 10.00. The van der Waals surface area contributed by atoms with Crippen LogP contribution in [0, 0.1) is 12.8 Å². The molecular weight excluding hydrogens is 240 g/mol. The van der Waals surface area contributed by atoms with Crippen LogP contribution < -0.4 is 10.5 Å². The number of rotatable bonds is 3. The minimum Gasteiger partial charge on any atom is -0.496 e. The highest BCUT2D eigenvalue weighted by Gasteiger charge is 2.40. The number of ether oxygens (including phenoxy) is 1. The quantitative estimate of drug-likeness (QED) is 0.917. The molecule has 0 amide bonds.